The minimum absolute atomic E-state index is 0. The maximum atomic E-state index is 10.7. The molecule has 0 heterocycles. The van der Waals surface area contributed by atoms with E-state index < -0.39 is 21.5 Å². The Bertz CT molecular complexity index is 294. The molecule has 0 N–H and O–H groups in total. The van der Waals surface area contributed by atoms with Crippen molar-refractivity contribution in [2.45, 2.75) is 19.3 Å². The number of esters is 1. The van der Waals surface area contributed by atoms with Gasteiger partial charge in [-0.25, -0.2) is 13.2 Å². The van der Waals surface area contributed by atoms with Gasteiger partial charge in [0.1, 0.15) is 10.1 Å². The molecule has 0 aliphatic rings. The zero-order chi connectivity index (χ0) is 9.94. The molecule has 0 rings (SSSR count). The van der Waals surface area contributed by atoms with E-state index in [1.165, 1.54) is 6.92 Å². The van der Waals surface area contributed by atoms with Crippen LogP contribution in [0.5, 0.6) is 0 Å². The van der Waals surface area contributed by atoms with Crippen LogP contribution in [0.2, 0.25) is 0 Å². The fraction of sp³-hybridized carbons (Fsp3) is 0.500. The van der Waals surface area contributed by atoms with Crippen LogP contribution in [0.4, 0.5) is 0 Å². The van der Waals surface area contributed by atoms with Gasteiger partial charge in [0.2, 0.25) is 0 Å². The zero-order valence-electron chi connectivity index (χ0n) is 7.73. The van der Waals surface area contributed by atoms with Gasteiger partial charge < -0.3 is 9.29 Å². The minimum Gasteiger partial charge on any atom is -0.745 e. The normalized spacial score (nSPS) is 12.5. The Hall–Kier alpha value is 0.120. The van der Waals surface area contributed by atoms with Crippen molar-refractivity contribution in [1.82, 2.24) is 0 Å². The van der Waals surface area contributed by atoms with Gasteiger partial charge in [-0.3, -0.25) is 0 Å². The maximum Gasteiger partial charge on any atom is 1.00 e. The summed E-state index contributed by atoms with van der Waals surface area (Å²) in [5.41, 5.74) is -1.62. The molecule has 0 aliphatic carbocycles. The fourth-order valence-electron chi connectivity index (χ4n) is 0.310. The fourth-order valence-corrected chi connectivity index (χ4v) is 0.516. The summed E-state index contributed by atoms with van der Waals surface area (Å²) in [7, 11) is -4.57. The largest absolute Gasteiger partial charge is 1.00 e. The molecule has 7 heteroatoms. The Kier molecular flexibility index (Phi) is 6.91. The summed E-state index contributed by atoms with van der Waals surface area (Å²) in [5, 5.41) is 0. The van der Waals surface area contributed by atoms with Gasteiger partial charge in [0, 0.05) is 5.57 Å². The second-order valence-electron chi connectivity index (χ2n) is 2.25. The van der Waals surface area contributed by atoms with Gasteiger partial charge in [-0.1, -0.05) is 6.58 Å². The Morgan fingerprint density at radius 3 is 2.15 bits per heavy atom. The predicted molar refractivity (Wildman–Crippen MR) is 40.1 cm³/mol. The topological polar surface area (TPSA) is 83.5 Å². The third kappa shape index (κ3) is 6.23. The number of hydrogen-bond donors (Lipinski definition) is 0. The second-order valence-corrected chi connectivity index (χ2v) is 3.90. The third-order valence-electron chi connectivity index (χ3n) is 1.03. The zero-order valence-corrected chi connectivity index (χ0v) is 10.6. The number of carbonyl (C=O) groups is 1. The number of carbonyl (C=O) groups excluding carboxylic acids is 1. The van der Waals surface area contributed by atoms with Crippen molar-refractivity contribution >= 4 is 16.1 Å². The third-order valence-corrected chi connectivity index (χ3v) is 1.94. The average Bonchev–Trinajstić information content (AvgIpc) is 1.85. The smallest absolute Gasteiger partial charge is 0.745 e. The van der Waals surface area contributed by atoms with E-state index in [4.69, 9.17) is 0 Å². The molecule has 13 heavy (non-hydrogen) atoms. The van der Waals surface area contributed by atoms with Crippen molar-refractivity contribution in [3.63, 3.8) is 0 Å². The molecule has 0 radical (unpaired) electrons. The van der Waals surface area contributed by atoms with Crippen LogP contribution in [0.15, 0.2) is 12.2 Å². The first kappa shape index (κ1) is 15.6. The summed E-state index contributed by atoms with van der Waals surface area (Å²) in [6.07, 6.45) is 0. The average molecular weight is 216 g/mol. The van der Waals surface area contributed by atoms with Crippen LogP contribution in [0.3, 0.4) is 0 Å². The van der Waals surface area contributed by atoms with Crippen LogP contribution < -0.4 is 29.6 Å². The van der Waals surface area contributed by atoms with Crippen LogP contribution in [0, 0.1) is 0 Å². The van der Waals surface area contributed by atoms with Crippen molar-refractivity contribution in [1.29, 1.82) is 0 Å². The van der Waals surface area contributed by atoms with Crippen molar-refractivity contribution in [2.24, 2.45) is 0 Å². The Labute approximate surface area is 99.2 Å². The van der Waals surface area contributed by atoms with Crippen LogP contribution >= 0.6 is 0 Å². The molecule has 0 spiro atoms. The van der Waals surface area contributed by atoms with E-state index in [0.717, 1.165) is 6.92 Å². The van der Waals surface area contributed by atoms with Gasteiger partial charge in [-0.2, -0.15) is 0 Å². The summed E-state index contributed by atoms with van der Waals surface area (Å²) in [4.78, 5) is 10.7. The van der Waals surface area contributed by atoms with Gasteiger partial charge in [-0.15, -0.1) is 0 Å². The van der Waals surface area contributed by atoms with E-state index in [0.29, 0.717) is 0 Å². The van der Waals surface area contributed by atoms with E-state index in [1.54, 1.807) is 0 Å². The Morgan fingerprint density at radius 2 is 1.92 bits per heavy atom. The molecule has 1 unspecified atom stereocenters. The quantitative estimate of drug-likeness (QED) is 0.217. The van der Waals surface area contributed by atoms with Crippen molar-refractivity contribution < 1.29 is 52.1 Å². The van der Waals surface area contributed by atoms with Crippen molar-refractivity contribution in [3.05, 3.63) is 12.2 Å². The molecule has 0 aromatic heterocycles. The van der Waals surface area contributed by atoms with E-state index in [9.17, 15) is 17.8 Å². The van der Waals surface area contributed by atoms with Gasteiger partial charge >= 0.3 is 35.5 Å². The number of ether oxygens (including phenoxy) is 1. The summed E-state index contributed by atoms with van der Waals surface area (Å²) >= 11 is 0. The Morgan fingerprint density at radius 1 is 1.54 bits per heavy atom. The van der Waals surface area contributed by atoms with Crippen LogP contribution in [-0.4, -0.2) is 24.4 Å². The SMILES string of the molecule is C=C(C)C(=O)OC(C)S(=O)(=O)[O-].[Na+]. The molecule has 1 atom stereocenters. The standard InChI is InChI=1S/C6H10O5S.Na/c1-4(2)6(7)11-5(3)12(8,9)10;/h5H,1H2,2-3H3,(H,8,9,10);/q;+1/p-1. The predicted octanol–water partition coefficient (Wildman–Crippen LogP) is -3.00. The first-order valence-electron chi connectivity index (χ1n) is 3.06. The molecule has 0 amide bonds. The van der Waals surface area contributed by atoms with E-state index in [2.05, 4.69) is 11.3 Å². The van der Waals surface area contributed by atoms with Gasteiger partial charge in [-0.05, 0) is 13.8 Å². The monoisotopic (exact) mass is 216 g/mol. The molecular formula is C6H9NaO5S. The molecule has 0 aromatic carbocycles. The minimum atomic E-state index is -4.57. The molecule has 70 valence electrons. The number of hydrogen-bond acceptors (Lipinski definition) is 5. The number of rotatable bonds is 3. The summed E-state index contributed by atoms with van der Waals surface area (Å²) in [6, 6.07) is 0. The van der Waals surface area contributed by atoms with Crippen LogP contribution in [-0.2, 0) is 19.6 Å². The molecule has 0 saturated carbocycles. The first-order valence-corrected chi connectivity index (χ1v) is 4.53. The van der Waals surface area contributed by atoms with Crippen molar-refractivity contribution in [3.8, 4) is 0 Å². The first-order chi connectivity index (χ1) is 5.25. The van der Waals surface area contributed by atoms with Crippen LogP contribution in [0.1, 0.15) is 13.8 Å². The molecule has 0 aromatic rings. The van der Waals surface area contributed by atoms with Gasteiger partial charge in [0.15, 0.2) is 5.44 Å². The summed E-state index contributed by atoms with van der Waals surface area (Å²) in [5.74, 6) is -0.887. The van der Waals surface area contributed by atoms with E-state index in [1.807, 2.05) is 0 Å². The second kappa shape index (κ2) is 5.77. The molecular weight excluding hydrogens is 207 g/mol. The van der Waals surface area contributed by atoms with Crippen LogP contribution in [0.25, 0.3) is 0 Å². The molecule has 5 nitrogen and oxygen atoms in total. The Balaban J connectivity index is 0. The maximum absolute atomic E-state index is 10.7. The summed E-state index contributed by atoms with van der Waals surface area (Å²) in [6.45, 7) is 5.56. The molecule has 0 bridgehead atoms. The van der Waals surface area contributed by atoms with E-state index in [-0.39, 0.29) is 35.1 Å². The molecule has 0 fully saturated rings. The van der Waals surface area contributed by atoms with Crippen molar-refractivity contribution in [2.75, 3.05) is 0 Å². The van der Waals surface area contributed by atoms with Gasteiger partial charge in [0.05, 0.1) is 0 Å². The van der Waals surface area contributed by atoms with E-state index >= 15 is 0 Å². The summed E-state index contributed by atoms with van der Waals surface area (Å²) < 4.78 is 34.9. The molecule has 0 saturated heterocycles. The van der Waals surface area contributed by atoms with Gasteiger partial charge in [0.25, 0.3) is 0 Å². The molecule has 0 aliphatic heterocycles.